The van der Waals surface area contributed by atoms with Gasteiger partial charge in [0.05, 0.1) is 19.6 Å². The van der Waals surface area contributed by atoms with Crippen molar-refractivity contribution in [2.24, 2.45) is 5.73 Å². The molecule has 1 saturated heterocycles. The number of benzene rings is 1. The van der Waals surface area contributed by atoms with Gasteiger partial charge in [0.15, 0.2) is 0 Å². The predicted molar refractivity (Wildman–Crippen MR) is 114 cm³/mol. The minimum atomic E-state index is -1.13. The van der Waals surface area contributed by atoms with Crippen LogP contribution >= 0.6 is 0 Å². The molecule has 0 spiro atoms. The third-order valence-corrected chi connectivity index (χ3v) is 4.90. The van der Waals surface area contributed by atoms with Gasteiger partial charge in [-0.1, -0.05) is 12.1 Å². The number of phenols is 1. The maximum absolute atomic E-state index is 13.1. The number of rotatable bonds is 7. The highest BCUT2D eigenvalue weighted by Gasteiger charge is 2.41. The second-order valence-electron chi connectivity index (χ2n) is 8.65. The molecular weight excluding hydrogens is 418 g/mol. The molecule has 0 saturated carbocycles. The molecule has 2 atom stereocenters. The lowest BCUT2D eigenvalue weighted by Crippen LogP contribution is -2.62. The van der Waals surface area contributed by atoms with Gasteiger partial charge in [-0.2, -0.15) is 0 Å². The quantitative estimate of drug-likeness (QED) is 0.563. The second-order valence-corrected chi connectivity index (χ2v) is 8.65. The van der Waals surface area contributed by atoms with E-state index in [2.05, 4.69) is 4.74 Å². The lowest BCUT2D eigenvalue weighted by atomic mass is 10.0. The van der Waals surface area contributed by atoms with Crippen LogP contribution in [0.2, 0.25) is 0 Å². The van der Waals surface area contributed by atoms with Crippen molar-refractivity contribution in [2.45, 2.75) is 51.3 Å². The van der Waals surface area contributed by atoms with E-state index in [0.717, 1.165) is 5.56 Å². The first kappa shape index (κ1) is 25.1. The zero-order chi connectivity index (χ0) is 24.1. The number of aromatic hydroxyl groups is 1. The first-order valence-electron chi connectivity index (χ1n) is 10.3. The minimum absolute atomic E-state index is 0.0958. The SMILES string of the molecule is COC(=O)C[C@H]1C(=O)N(CC(=O)OC(C)(C)C)CCN1C(=O)[C@H](N)Cc1ccc(O)cc1. The summed E-state index contributed by atoms with van der Waals surface area (Å²) < 4.78 is 9.96. The summed E-state index contributed by atoms with van der Waals surface area (Å²) in [6, 6.07) is 4.20. The fourth-order valence-corrected chi connectivity index (χ4v) is 3.41. The molecule has 176 valence electrons. The Balaban J connectivity index is 2.14. The van der Waals surface area contributed by atoms with Crippen LogP contribution in [0.1, 0.15) is 32.8 Å². The number of nitrogens with zero attached hydrogens (tertiary/aromatic N) is 2. The zero-order valence-electron chi connectivity index (χ0n) is 18.9. The molecule has 1 aliphatic rings. The molecule has 0 radical (unpaired) electrons. The highest BCUT2D eigenvalue weighted by molar-refractivity contribution is 5.94. The van der Waals surface area contributed by atoms with Gasteiger partial charge in [0.2, 0.25) is 11.8 Å². The molecule has 1 fully saturated rings. The average Bonchev–Trinajstić information content (AvgIpc) is 2.70. The van der Waals surface area contributed by atoms with Gasteiger partial charge >= 0.3 is 11.9 Å². The largest absolute Gasteiger partial charge is 0.508 e. The van der Waals surface area contributed by atoms with E-state index in [4.69, 9.17) is 10.5 Å². The van der Waals surface area contributed by atoms with Crippen molar-refractivity contribution in [3.8, 4) is 5.75 Å². The molecule has 0 bridgehead atoms. The first-order chi connectivity index (χ1) is 14.9. The maximum Gasteiger partial charge on any atom is 0.326 e. The summed E-state index contributed by atoms with van der Waals surface area (Å²) in [6.45, 7) is 5.09. The Kier molecular flexibility index (Phi) is 8.20. The maximum atomic E-state index is 13.1. The van der Waals surface area contributed by atoms with Gasteiger partial charge < -0.3 is 30.1 Å². The van der Waals surface area contributed by atoms with Gasteiger partial charge in [0.1, 0.15) is 23.9 Å². The Morgan fingerprint density at radius 1 is 1.16 bits per heavy atom. The molecule has 1 aromatic carbocycles. The molecule has 0 aromatic heterocycles. The average molecular weight is 450 g/mol. The number of nitrogens with two attached hydrogens (primary N) is 1. The van der Waals surface area contributed by atoms with Crippen LogP contribution in [0.15, 0.2) is 24.3 Å². The topological polar surface area (TPSA) is 139 Å². The van der Waals surface area contributed by atoms with Crippen LogP contribution in [0.25, 0.3) is 0 Å². The molecule has 1 heterocycles. The molecule has 32 heavy (non-hydrogen) atoms. The zero-order valence-corrected chi connectivity index (χ0v) is 18.9. The molecular formula is C22H31N3O7. The number of piperazine rings is 1. The third kappa shape index (κ3) is 6.94. The van der Waals surface area contributed by atoms with Crippen molar-refractivity contribution in [2.75, 3.05) is 26.7 Å². The smallest absolute Gasteiger partial charge is 0.326 e. The summed E-state index contributed by atoms with van der Waals surface area (Å²) in [5, 5.41) is 9.40. The Hall–Kier alpha value is -3.14. The first-order valence-corrected chi connectivity index (χ1v) is 10.3. The second kappa shape index (κ2) is 10.4. The normalized spacial score (nSPS) is 17.7. The number of phenolic OH excluding ortho intramolecular Hbond substituents is 1. The van der Waals surface area contributed by atoms with E-state index in [9.17, 15) is 24.3 Å². The monoisotopic (exact) mass is 449 g/mol. The molecule has 10 nitrogen and oxygen atoms in total. The van der Waals surface area contributed by atoms with Gasteiger partial charge in [-0.3, -0.25) is 19.2 Å². The lowest BCUT2D eigenvalue weighted by Gasteiger charge is -2.41. The molecule has 10 heteroatoms. The third-order valence-electron chi connectivity index (χ3n) is 4.90. The Labute approximate surface area is 187 Å². The van der Waals surface area contributed by atoms with Crippen LogP contribution in [-0.4, -0.2) is 83.1 Å². The van der Waals surface area contributed by atoms with E-state index < -0.39 is 41.4 Å². The number of amides is 2. The standard InChI is InChI=1S/C22H31N3O7/c1-22(2,3)32-19(28)13-24-9-10-25(17(21(24)30)12-18(27)31-4)20(29)16(23)11-14-5-7-15(26)8-6-14/h5-8,16-17,26H,9-13,23H2,1-4H3/t16-,17+/m1/s1. The number of hydrogen-bond acceptors (Lipinski definition) is 8. The molecule has 3 N–H and O–H groups in total. The fraction of sp³-hybridized carbons (Fsp3) is 0.545. The van der Waals surface area contributed by atoms with E-state index in [1.165, 1.54) is 29.0 Å². The molecule has 0 aliphatic carbocycles. The van der Waals surface area contributed by atoms with Crippen LogP contribution in [0, 0.1) is 0 Å². The van der Waals surface area contributed by atoms with Gasteiger partial charge in [-0.05, 0) is 44.9 Å². The molecule has 2 amide bonds. The van der Waals surface area contributed by atoms with E-state index in [1.807, 2.05) is 0 Å². The van der Waals surface area contributed by atoms with E-state index in [0.29, 0.717) is 0 Å². The van der Waals surface area contributed by atoms with Gasteiger partial charge in [-0.25, -0.2) is 0 Å². The summed E-state index contributed by atoms with van der Waals surface area (Å²) in [5.74, 6) is -2.17. The summed E-state index contributed by atoms with van der Waals surface area (Å²) in [4.78, 5) is 52.8. The van der Waals surface area contributed by atoms with Gasteiger partial charge in [0.25, 0.3) is 0 Å². The van der Waals surface area contributed by atoms with E-state index in [1.54, 1.807) is 32.9 Å². The van der Waals surface area contributed by atoms with Crippen LogP contribution in [0.3, 0.4) is 0 Å². The molecule has 1 aliphatic heterocycles. The summed E-state index contributed by atoms with van der Waals surface area (Å²) in [7, 11) is 1.19. The van der Waals surface area contributed by atoms with Gasteiger partial charge in [0, 0.05) is 13.1 Å². The van der Waals surface area contributed by atoms with Crippen molar-refractivity contribution >= 4 is 23.8 Å². The highest BCUT2D eigenvalue weighted by Crippen LogP contribution is 2.19. The van der Waals surface area contributed by atoms with Crippen LogP contribution < -0.4 is 5.73 Å². The van der Waals surface area contributed by atoms with Crippen molar-refractivity contribution in [3.63, 3.8) is 0 Å². The molecule has 2 rings (SSSR count). The van der Waals surface area contributed by atoms with Crippen molar-refractivity contribution in [1.82, 2.24) is 9.80 Å². The molecule has 1 aromatic rings. The summed E-state index contributed by atoms with van der Waals surface area (Å²) in [6.07, 6.45) is -0.159. The number of ether oxygens (including phenoxy) is 2. The van der Waals surface area contributed by atoms with Crippen molar-refractivity contribution < 1.29 is 33.8 Å². The Morgan fingerprint density at radius 3 is 2.34 bits per heavy atom. The van der Waals surface area contributed by atoms with Crippen LogP contribution in [-0.2, 0) is 35.1 Å². The number of methoxy groups -OCH3 is 1. The summed E-state index contributed by atoms with van der Waals surface area (Å²) in [5.41, 5.74) is 6.14. The molecule has 0 unspecified atom stereocenters. The summed E-state index contributed by atoms with van der Waals surface area (Å²) >= 11 is 0. The van der Waals surface area contributed by atoms with Crippen LogP contribution in [0.5, 0.6) is 5.75 Å². The van der Waals surface area contributed by atoms with Gasteiger partial charge in [-0.15, -0.1) is 0 Å². The van der Waals surface area contributed by atoms with Crippen molar-refractivity contribution in [1.29, 1.82) is 0 Å². The highest BCUT2D eigenvalue weighted by atomic mass is 16.6. The van der Waals surface area contributed by atoms with Crippen LogP contribution in [0.4, 0.5) is 0 Å². The van der Waals surface area contributed by atoms with Crippen molar-refractivity contribution in [3.05, 3.63) is 29.8 Å². The lowest BCUT2D eigenvalue weighted by molar-refractivity contribution is -0.164. The van der Waals surface area contributed by atoms with E-state index >= 15 is 0 Å². The Bertz CT molecular complexity index is 848. The minimum Gasteiger partial charge on any atom is -0.508 e. The fourth-order valence-electron chi connectivity index (χ4n) is 3.41. The number of carbonyl (C=O) groups excluding carboxylic acids is 4. The Morgan fingerprint density at radius 2 is 1.78 bits per heavy atom. The number of hydrogen-bond donors (Lipinski definition) is 2. The number of esters is 2. The number of carbonyl (C=O) groups is 4. The predicted octanol–water partition coefficient (Wildman–Crippen LogP) is 0.206. The van der Waals surface area contributed by atoms with E-state index in [-0.39, 0.29) is 38.2 Å².